The molecule has 10 heteroatoms. The number of hydrogen-bond acceptors (Lipinski definition) is 8. The molecule has 4 rings (SSSR count). The van der Waals surface area contributed by atoms with Crippen molar-refractivity contribution in [1.29, 1.82) is 5.26 Å². The van der Waals surface area contributed by atoms with Crippen LogP contribution in [-0.2, 0) is 11.3 Å². The first-order chi connectivity index (χ1) is 13.5. The van der Waals surface area contributed by atoms with Gasteiger partial charge in [0.2, 0.25) is 5.88 Å². The topological polar surface area (TPSA) is 126 Å². The molecule has 0 bridgehead atoms. The summed E-state index contributed by atoms with van der Waals surface area (Å²) in [5.41, 5.74) is 1.18. The van der Waals surface area contributed by atoms with Gasteiger partial charge in [0.15, 0.2) is 17.4 Å². The van der Waals surface area contributed by atoms with Gasteiger partial charge in [-0.05, 0) is 24.6 Å². The van der Waals surface area contributed by atoms with Gasteiger partial charge in [-0.1, -0.05) is 6.07 Å². The van der Waals surface area contributed by atoms with Gasteiger partial charge in [0.25, 0.3) is 0 Å². The lowest BCUT2D eigenvalue weighted by molar-refractivity contribution is -0.0299. The van der Waals surface area contributed by atoms with Crippen LogP contribution in [0.3, 0.4) is 0 Å². The van der Waals surface area contributed by atoms with Crippen molar-refractivity contribution in [2.75, 3.05) is 0 Å². The van der Waals surface area contributed by atoms with Gasteiger partial charge in [0, 0.05) is 0 Å². The third-order valence-corrected chi connectivity index (χ3v) is 4.61. The van der Waals surface area contributed by atoms with E-state index in [9.17, 15) is 14.6 Å². The summed E-state index contributed by atoms with van der Waals surface area (Å²) in [5, 5.41) is 28.9. The Labute approximate surface area is 158 Å². The largest absolute Gasteiger partial charge is 0.471 e. The van der Waals surface area contributed by atoms with E-state index >= 15 is 0 Å². The Hall–Kier alpha value is -3.13. The quantitative estimate of drug-likeness (QED) is 0.683. The molecule has 1 aliphatic rings. The second kappa shape index (κ2) is 7.12. The average molecular weight is 385 g/mol. The SMILES string of the molecule is C[C@H]1O[C@@H](n2cnc3c(OCc4ccc(C#N)c(F)c4)ncnc32)[C@H](O)[C@@H]1O. The van der Waals surface area contributed by atoms with Crippen molar-refractivity contribution in [3.8, 4) is 11.9 Å². The summed E-state index contributed by atoms with van der Waals surface area (Å²) < 4.78 is 26.5. The fourth-order valence-corrected chi connectivity index (χ4v) is 3.07. The lowest BCUT2D eigenvalue weighted by atomic mass is 10.1. The Morgan fingerprint density at radius 1 is 1.29 bits per heavy atom. The van der Waals surface area contributed by atoms with Gasteiger partial charge in [-0.3, -0.25) is 4.57 Å². The zero-order chi connectivity index (χ0) is 19.8. The van der Waals surface area contributed by atoms with E-state index in [1.54, 1.807) is 19.1 Å². The Morgan fingerprint density at radius 3 is 2.79 bits per heavy atom. The number of hydrogen-bond donors (Lipinski definition) is 2. The van der Waals surface area contributed by atoms with Crippen molar-refractivity contribution in [3.63, 3.8) is 0 Å². The molecule has 28 heavy (non-hydrogen) atoms. The lowest BCUT2D eigenvalue weighted by Crippen LogP contribution is -2.30. The molecule has 0 unspecified atom stereocenters. The Morgan fingerprint density at radius 2 is 2.11 bits per heavy atom. The number of aromatic nitrogens is 4. The second-order valence-electron chi connectivity index (χ2n) is 6.43. The highest BCUT2D eigenvalue weighted by Crippen LogP contribution is 2.32. The summed E-state index contributed by atoms with van der Waals surface area (Å²) in [7, 11) is 0. The van der Waals surface area contributed by atoms with E-state index in [0.717, 1.165) is 0 Å². The molecule has 2 N–H and O–H groups in total. The Kier molecular flexibility index (Phi) is 4.64. The highest BCUT2D eigenvalue weighted by Gasteiger charge is 2.42. The van der Waals surface area contributed by atoms with Gasteiger partial charge in [-0.25, -0.2) is 14.4 Å². The molecule has 3 heterocycles. The molecule has 3 aromatic rings. The second-order valence-corrected chi connectivity index (χ2v) is 6.43. The number of fused-ring (bicyclic) bond motifs is 1. The number of nitrogens with zero attached hydrogens (tertiary/aromatic N) is 5. The van der Waals surface area contributed by atoms with Crippen LogP contribution in [0.25, 0.3) is 11.2 Å². The molecule has 0 aliphatic carbocycles. The van der Waals surface area contributed by atoms with Crippen molar-refractivity contribution in [3.05, 3.63) is 47.8 Å². The van der Waals surface area contributed by atoms with Crippen molar-refractivity contribution < 1.29 is 24.1 Å². The monoisotopic (exact) mass is 385 g/mol. The molecule has 144 valence electrons. The predicted octanol–water partition coefficient (Wildman–Crippen LogP) is 1.06. The number of ether oxygens (including phenoxy) is 2. The minimum atomic E-state index is -1.13. The summed E-state index contributed by atoms with van der Waals surface area (Å²) in [6.45, 7) is 1.67. The molecule has 1 aliphatic heterocycles. The van der Waals surface area contributed by atoms with Crippen LogP contribution in [0, 0.1) is 17.1 Å². The first-order valence-corrected chi connectivity index (χ1v) is 8.50. The number of rotatable bonds is 4. The lowest BCUT2D eigenvalue weighted by Gasteiger charge is -2.16. The van der Waals surface area contributed by atoms with Gasteiger partial charge in [-0.2, -0.15) is 10.2 Å². The van der Waals surface area contributed by atoms with Crippen molar-refractivity contribution >= 4 is 11.2 Å². The number of benzene rings is 1. The summed E-state index contributed by atoms with van der Waals surface area (Å²) >= 11 is 0. The Balaban J connectivity index is 1.59. The van der Waals surface area contributed by atoms with E-state index in [1.165, 1.54) is 29.4 Å². The average Bonchev–Trinajstić information content (AvgIpc) is 3.23. The van der Waals surface area contributed by atoms with Crippen molar-refractivity contribution in [1.82, 2.24) is 19.5 Å². The standard InChI is InChI=1S/C18H16FN5O4/c1-9-14(25)15(26)18(28-9)24-8-23-13-16(24)21-7-22-17(13)27-6-10-2-3-11(5-20)12(19)4-10/h2-4,7-9,14-15,18,25-26H,6H2,1H3/t9-,14-,15-,18-/m1/s1. The fraction of sp³-hybridized carbons (Fsp3) is 0.333. The van der Waals surface area contributed by atoms with Gasteiger partial charge >= 0.3 is 0 Å². The van der Waals surface area contributed by atoms with Crippen LogP contribution in [0.4, 0.5) is 4.39 Å². The maximum Gasteiger partial charge on any atom is 0.245 e. The molecule has 0 radical (unpaired) electrons. The molecule has 1 saturated heterocycles. The van der Waals surface area contributed by atoms with Crippen LogP contribution in [0.15, 0.2) is 30.9 Å². The minimum Gasteiger partial charge on any atom is -0.471 e. The smallest absolute Gasteiger partial charge is 0.245 e. The fourth-order valence-electron chi connectivity index (χ4n) is 3.07. The maximum absolute atomic E-state index is 13.7. The van der Waals surface area contributed by atoms with Crippen LogP contribution in [0.5, 0.6) is 5.88 Å². The third-order valence-electron chi connectivity index (χ3n) is 4.61. The third kappa shape index (κ3) is 3.05. The van der Waals surface area contributed by atoms with E-state index in [4.69, 9.17) is 14.7 Å². The zero-order valence-corrected chi connectivity index (χ0v) is 14.7. The van der Waals surface area contributed by atoms with Crippen LogP contribution in [0.1, 0.15) is 24.3 Å². The molecule has 1 fully saturated rings. The number of aliphatic hydroxyl groups excluding tert-OH is 2. The highest BCUT2D eigenvalue weighted by atomic mass is 19.1. The molecular weight excluding hydrogens is 369 g/mol. The van der Waals surface area contributed by atoms with Crippen molar-refractivity contribution in [2.24, 2.45) is 0 Å². The molecule has 0 amide bonds. The zero-order valence-electron chi connectivity index (χ0n) is 14.7. The summed E-state index contributed by atoms with van der Waals surface area (Å²) in [6, 6.07) is 5.95. The summed E-state index contributed by atoms with van der Waals surface area (Å²) in [4.78, 5) is 12.5. The molecule has 9 nitrogen and oxygen atoms in total. The normalized spacial score (nSPS) is 24.4. The predicted molar refractivity (Wildman–Crippen MR) is 92.4 cm³/mol. The molecule has 4 atom stereocenters. The molecular formula is C18H16FN5O4. The molecule has 1 aromatic carbocycles. The van der Waals surface area contributed by atoms with E-state index in [1.807, 2.05) is 0 Å². The summed E-state index contributed by atoms with van der Waals surface area (Å²) in [6.07, 6.45) is -0.839. The molecule has 0 spiro atoms. The number of halogens is 1. The number of nitriles is 1. The molecule has 2 aromatic heterocycles. The van der Waals surface area contributed by atoms with Crippen LogP contribution in [-0.4, -0.2) is 48.0 Å². The van der Waals surface area contributed by atoms with Crippen molar-refractivity contribution in [2.45, 2.75) is 38.1 Å². The van der Waals surface area contributed by atoms with E-state index in [0.29, 0.717) is 16.7 Å². The first-order valence-electron chi connectivity index (χ1n) is 8.50. The van der Waals surface area contributed by atoms with Crippen LogP contribution in [0.2, 0.25) is 0 Å². The van der Waals surface area contributed by atoms with E-state index in [-0.39, 0.29) is 18.1 Å². The first kappa shape index (κ1) is 18.2. The summed E-state index contributed by atoms with van der Waals surface area (Å²) in [5.74, 6) is -0.449. The number of imidazole rings is 1. The van der Waals surface area contributed by atoms with Gasteiger partial charge in [0.1, 0.15) is 37.0 Å². The Bertz CT molecular complexity index is 1070. The van der Waals surface area contributed by atoms with Gasteiger partial charge < -0.3 is 19.7 Å². The number of aliphatic hydroxyl groups is 2. The van der Waals surface area contributed by atoms with E-state index < -0.39 is 30.4 Å². The highest BCUT2D eigenvalue weighted by molar-refractivity contribution is 5.76. The van der Waals surface area contributed by atoms with Gasteiger partial charge in [0.05, 0.1) is 18.0 Å². The maximum atomic E-state index is 13.7. The minimum absolute atomic E-state index is 0.0138. The van der Waals surface area contributed by atoms with Crippen LogP contribution >= 0.6 is 0 Å². The van der Waals surface area contributed by atoms with Crippen LogP contribution < -0.4 is 4.74 Å². The van der Waals surface area contributed by atoms with Gasteiger partial charge in [-0.15, -0.1) is 0 Å². The van der Waals surface area contributed by atoms with E-state index in [2.05, 4.69) is 15.0 Å². The molecule has 0 saturated carbocycles.